The van der Waals surface area contributed by atoms with Gasteiger partial charge in [0.15, 0.2) is 0 Å². The molecule has 1 unspecified atom stereocenters. The number of nitrogens with two attached hydrogens (primary N) is 1. The lowest BCUT2D eigenvalue weighted by Gasteiger charge is -2.44. The molecule has 3 rings (SSSR count). The van der Waals surface area contributed by atoms with E-state index < -0.39 is 34.7 Å². The van der Waals surface area contributed by atoms with E-state index in [1.807, 2.05) is 19.9 Å². The number of carbonyl (C=O) groups is 3. The Bertz CT molecular complexity index is 709. The molecular formula is C17H20N3O4S. The van der Waals surface area contributed by atoms with Gasteiger partial charge >= 0.3 is 5.97 Å². The Balaban J connectivity index is 1.71. The zero-order valence-corrected chi connectivity index (χ0v) is 14.8. The third-order valence-corrected chi connectivity index (χ3v) is 6.12. The molecule has 8 heteroatoms. The van der Waals surface area contributed by atoms with Crippen LogP contribution in [0.5, 0.6) is 0 Å². The van der Waals surface area contributed by atoms with Gasteiger partial charge in [-0.25, -0.2) is 4.79 Å². The van der Waals surface area contributed by atoms with Crippen molar-refractivity contribution in [3.05, 3.63) is 43.0 Å². The average Bonchev–Trinajstić information content (AvgIpc) is 2.86. The van der Waals surface area contributed by atoms with Crippen LogP contribution in [0.25, 0.3) is 0 Å². The third-order valence-electron chi connectivity index (χ3n) is 4.55. The summed E-state index contributed by atoms with van der Waals surface area (Å²) in [6.45, 7) is 3.72. The van der Waals surface area contributed by atoms with E-state index in [1.165, 1.54) is 16.7 Å². The van der Waals surface area contributed by atoms with Crippen LogP contribution in [0, 0.1) is 7.11 Å². The fourth-order valence-corrected chi connectivity index (χ4v) is 4.88. The van der Waals surface area contributed by atoms with Gasteiger partial charge in [0.1, 0.15) is 30.6 Å². The van der Waals surface area contributed by atoms with Gasteiger partial charge in [-0.15, -0.1) is 11.8 Å². The standard InChI is InChI=1S/C17H20N3O4S/c1-17(2)12(16(23)24-3)20-14(22)11(15(20)25-17)19-13(21)10(18)9-7-5-4-6-8-9/h4-8,10-12,15H,3,18H2,1-2H3,(H,19,21)/t10?,11-,12+,15-/m1/s1. The van der Waals surface area contributed by atoms with Crippen LogP contribution in [-0.2, 0) is 19.1 Å². The average molecular weight is 362 g/mol. The molecule has 1 radical (unpaired) electrons. The van der Waals surface area contributed by atoms with E-state index in [2.05, 4.69) is 17.2 Å². The quantitative estimate of drug-likeness (QED) is 0.600. The molecule has 133 valence electrons. The molecule has 7 nitrogen and oxygen atoms in total. The van der Waals surface area contributed by atoms with Crippen LogP contribution in [0.4, 0.5) is 0 Å². The summed E-state index contributed by atoms with van der Waals surface area (Å²) >= 11 is 1.45. The number of hydrogen-bond donors (Lipinski definition) is 2. The highest BCUT2D eigenvalue weighted by atomic mass is 32.2. The third kappa shape index (κ3) is 2.89. The lowest BCUT2D eigenvalue weighted by molar-refractivity contribution is -0.161. The zero-order valence-electron chi connectivity index (χ0n) is 14.0. The van der Waals surface area contributed by atoms with Gasteiger partial charge in [0, 0.05) is 4.75 Å². The van der Waals surface area contributed by atoms with Crippen molar-refractivity contribution in [2.75, 3.05) is 0 Å². The smallest absolute Gasteiger partial charge is 0.330 e. The summed E-state index contributed by atoms with van der Waals surface area (Å²) in [7, 11) is 3.15. The molecule has 4 atom stereocenters. The highest BCUT2D eigenvalue weighted by molar-refractivity contribution is 8.01. The fraction of sp³-hybridized carbons (Fsp3) is 0.412. The number of rotatable bonds is 4. The Morgan fingerprint density at radius 3 is 2.60 bits per heavy atom. The lowest BCUT2D eigenvalue weighted by atomic mass is 9.95. The maximum absolute atomic E-state index is 12.5. The van der Waals surface area contributed by atoms with Crippen molar-refractivity contribution in [3.8, 4) is 0 Å². The van der Waals surface area contributed by atoms with Crippen molar-refractivity contribution in [1.82, 2.24) is 10.2 Å². The number of nitrogens with zero attached hydrogens (tertiary/aromatic N) is 1. The number of benzene rings is 1. The van der Waals surface area contributed by atoms with Crippen LogP contribution in [0.15, 0.2) is 30.3 Å². The van der Waals surface area contributed by atoms with Crippen molar-refractivity contribution >= 4 is 29.5 Å². The van der Waals surface area contributed by atoms with E-state index in [9.17, 15) is 14.4 Å². The van der Waals surface area contributed by atoms with Gasteiger partial charge in [0.25, 0.3) is 0 Å². The number of ether oxygens (including phenoxy) is 1. The molecule has 25 heavy (non-hydrogen) atoms. The van der Waals surface area contributed by atoms with E-state index in [4.69, 9.17) is 5.73 Å². The monoisotopic (exact) mass is 362 g/mol. The van der Waals surface area contributed by atoms with E-state index in [0.29, 0.717) is 5.56 Å². The van der Waals surface area contributed by atoms with E-state index in [0.717, 1.165) is 0 Å². The minimum absolute atomic E-state index is 0.313. The van der Waals surface area contributed by atoms with Gasteiger partial charge < -0.3 is 20.7 Å². The van der Waals surface area contributed by atoms with E-state index >= 15 is 0 Å². The Labute approximate surface area is 150 Å². The Hall–Kier alpha value is -2.06. The van der Waals surface area contributed by atoms with Crippen molar-refractivity contribution in [1.29, 1.82) is 0 Å². The zero-order chi connectivity index (χ0) is 18.4. The number of nitrogens with one attached hydrogen (secondary N) is 1. The van der Waals surface area contributed by atoms with Gasteiger partial charge in [-0.05, 0) is 19.4 Å². The summed E-state index contributed by atoms with van der Waals surface area (Å²) < 4.78 is 4.05. The molecule has 0 saturated carbocycles. The van der Waals surface area contributed by atoms with Crippen LogP contribution in [0.2, 0.25) is 0 Å². The van der Waals surface area contributed by atoms with Crippen LogP contribution in [-0.4, -0.2) is 44.9 Å². The number of hydrogen-bond acceptors (Lipinski definition) is 6. The van der Waals surface area contributed by atoms with Crippen molar-refractivity contribution in [2.45, 2.75) is 42.1 Å². The molecule has 2 aliphatic rings. The molecule has 0 aliphatic carbocycles. The molecular weight excluding hydrogens is 342 g/mol. The van der Waals surface area contributed by atoms with Crippen molar-refractivity contribution < 1.29 is 19.1 Å². The van der Waals surface area contributed by atoms with Gasteiger partial charge in [0.2, 0.25) is 11.8 Å². The SMILES string of the molecule is [CH2]OC(=O)[C@@H]1N2C(=O)[C@@H](NC(=O)C(N)c3ccccc3)[C@H]2SC1(C)C. The number of fused-ring (bicyclic) bond motifs is 1. The first kappa shape index (κ1) is 17.8. The lowest BCUT2D eigenvalue weighted by Crippen LogP contribution is -2.71. The molecule has 1 aromatic carbocycles. The molecule has 2 aliphatic heterocycles. The summed E-state index contributed by atoms with van der Waals surface area (Å²) in [5.41, 5.74) is 6.64. The summed E-state index contributed by atoms with van der Waals surface area (Å²) in [6.07, 6.45) is 0. The molecule has 0 aromatic heterocycles. The van der Waals surface area contributed by atoms with Crippen molar-refractivity contribution in [3.63, 3.8) is 0 Å². The highest BCUT2D eigenvalue weighted by Gasteiger charge is 2.64. The molecule has 2 saturated heterocycles. The van der Waals surface area contributed by atoms with Gasteiger partial charge in [-0.3, -0.25) is 9.59 Å². The largest absolute Gasteiger partial charge is 0.460 e. The van der Waals surface area contributed by atoms with E-state index in [-0.39, 0.29) is 11.3 Å². The summed E-state index contributed by atoms with van der Waals surface area (Å²) in [4.78, 5) is 38.3. The van der Waals surface area contributed by atoms with Gasteiger partial charge in [0.05, 0.1) is 0 Å². The predicted octanol–water partition coefficient (Wildman–Crippen LogP) is 0.568. The maximum atomic E-state index is 12.5. The summed E-state index contributed by atoms with van der Waals surface area (Å²) in [6, 6.07) is 6.66. The topological polar surface area (TPSA) is 102 Å². The second kappa shape index (κ2) is 6.34. The van der Waals surface area contributed by atoms with Crippen LogP contribution < -0.4 is 11.1 Å². The number of esters is 1. The van der Waals surface area contributed by atoms with Gasteiger partial charge in [-0.2, -0.15) is 0 Å². The van der Waals surface area contributed by atoms with Crippen LogP contribution in [0.1, 0.15) is 25.5 Å². The fourth-order valence-electron chi connectivity index (χ4n) is 3.26. The Morgan fingerprint density at radius 2 is 2.00 bits per heavy atom. The van der Waals surface area contributed by atoms with Crippen LogP contribution >= 0.6 is 11.8 Å². The summed E-state index contributed by atoms with van der Waals surface area (Å²) in [5.74, 6) is -1.29. The molecule has 2 amide bonds. The Kier molecular flexibility index (Phi) is 4.51. The minimum atomic E-state index is -0.858. The number of β-lactam (4-membered cyclic amide) rings is 1. The second-order valence-electron chi connectivity index (χ2n) is 6.60. The first-order valence-corrected chi connectivity index (χ1v) is 8.72. The molecule has 0 spiro atoms. The van der Waals surface area contributed by atoms with E-state index in [1.54, 1.807) is 24.3 Å². The molecule has 1 aromatic rings. The minimum Gasteiger partial charge on any atom is -0.460 e. The highest BCUT2D eigenvalue weighted by Crippen LogP contribution is 2.51. The normalized spacial score (nSPS) is 27.9. The van der Waals surface area contributed by atoms with Crippen molar-refractivity contribution in [2.24, 2.45) is 5.73 Å². The number of thioether (sulfide) groups is 1. The number of amides is 2. The molecule has 2 fully saturated rings. The first-order chi connectivity index (χ1) is 11.8. The van der Waals surface area contributed by atoms with Gasteiger partial charge in [-0.1, -0.05) is 30.3 Å². The Morgan fingerprint density at radius 1 is 1.36 bits per heavy atom. The van der Waals surface area contributed by atoms with Crippen LogP contribution in [0.3, 0.4) is 0 Å². The maximum Gasteiger partial charge on any atom is 0.330 e. The number of carbonyl (C=O) groups excluding carboxylic acids is 3. The second-order valence-corrected chi connectivity index (χ2v) is 8.37. The predicted molar refractivity (Wildman–Crippen MR) is 92.8 cm³/mol. The first-order valence-electron chi connectivity index (χ1n) is 7.84. The molecule has 3 N–H and O–H groups in total. The summed E-state index contributed by atoms with van der Waals surface area (Å²) in [5, 5.41) is 2.39. The molecule has 2 heterocycles. The molecule has 0 bridgehead atoms.